The molecule has 0 amide bonds. The molecule has 1 saturated heterocycles. The Balaban J connectivity index is 1.98. The Labute approximate surface area is 149 Å². The summed E-state index contributed by atoms with van der Waals surface area (Å²) in [4.78, 5) is 6.92. The average molecular weight is 341 g/mol. The predicted molar refractivity (Wildman–Crippen MR) is 101 cm³/mol. The zero-order valence-corrected chi connectivity index (χ0v) is 15.8. The first-order valence-electron chi connectivity index (χ1n) is 8.76. The summed E-state index contributed by atoms with van der Waals surface area (Å²) in [5, 5.41) is 12.4. The molecule has 0 bridgehead atoms. The summed E-state index contributed by atoms with van der Waals surface area (Å²) in [6.45, 7) is 13.5. The summed E-state index contributed by atoms with van der Waals surface area (Å²) in [5.74, 6) is 1.43. The average Bonchev–Trinajstić information content (AvgIpc) is 2.53. The maximum Gasteiger partial charge on any atom is 0.247 e. The maximum absolute atomic E-state index is 5.42. The van der Waals surface area contributed by atoms with E-state index in [0.717, 1.165) is 30.3 Å². The first-order valence-corrected chi connectivity index (χ1v) is 8.76. The largest absolute Gasteiger partial charge is 0.378 e. The normalized spacial score (nSPS) is 15.3. The van der Waals surface area contributed by atoms with Gasteiger partial charge in [0.1, 0.15) is 5.69 Å². The maximum atomic E-state index is 5.42. The van der Waals surface area contributed by atoms with Gasteiger partial charge in [-0.15, -0.1) is 10.2 Å². The summed E-state index contributed by atoms with van der Waals surface area (Å²) in [6.07, 6.45) is 0. The van der Waals surface area contributed by atoms with Crippen molar-refractivity contribution in [1.82, 2.24) is 15.2 Å². The molecule has 0 spiro atoms. The Morgan fingerprint density at radius 1 is 1.00 bits per heavy atom. The first-order chi connectivity index (χ1) is 11.8. The van der Waals surface area contributed by atoms with Crippen molar-refractivity contribution in [3.8, 4) is 0 Å². The van der Waals surface area contributed by atoms with E-state index in [2.05, 4.69) is 73.2 Å². The predicted octanol–water partition coefficient (Wildman–Crippen LogP) is 3.37. The standard InChI is InChI=1S/C19H27N5O/c1-13-10-14(2)12-15(11-13)20-17-16(19(3,4)5)22-23-18(21-17)24-6-8-25-9-7-24/h10-12H,6-9H2,1-5H3,(H,20,21,23). The van der Waals surface area contributed by atoms with Gasteiger partial charge < -0.3 is 15.0 Å². The van der Waals surface area contributed by atoms with E-state index in [1.54, 1.807) is 0 Å². The van der Waals surface area contributed by atoms with Crippen LogP contribution < -0.4 is 10.2 Å². The van der Waals surface area contributed by atoms with Crippen molar-refractivity contribution in [2.45, 2.75) is 40.0 Å². The SMILES string of the molecule is Cc1cc(C)cc(Nc2nc(N3CCOCC3)nnc2C(C)(C)C)c1. The molecule has 0 atom stereocenters. The molecule has 25 heavy (non-hydrogen) atoms. The van der Waals surface area contributed by atoms with E-state index in [0.29, 0.717) is 19.2 Å². The van der Waals surface area contributed by atoms with Gasteiger partial charge in [-0.1, -0.05) is 26.8 Å². The zero-order chi connectivity index (χ0) is 18.0. The van der Waals surface area contributed by atoms with Gasteiger partial charge in [0, 0.05) is 24.2 Å². The molecule has 3 rings (SSSR count). The van der Waals surface area contributed by atoms with Crippen molar-refractivity contribution in [3.63, 3.8) is 0 Å². The summed E-state index contributed by atoms with van der Waals surface area (Å²) in [5.41, 5.74) is 4.18. The zero-order valence-electron chi connectivity index (χ0n) is 15.8. The molecule has 0 saturated carbocycles. The monoisotopic (exact) mass is 341 g/mol. The molecule has 1 aliphatic rings. The minimum atomic E-state index is -0.148. The van der Waals surface area contributed by atoms with Gasteiger partial charge in [-0.05, 0) is 37.1 Å². The lowest BCUT2D eigenvalue weighted by Gasteiger charge is -2.28. The molecule has 1 fully saturated rings. The second-order valence-electron chi connectivity index (χ2n) is 7.66. The summed E-state index contributed by atoms with van der Waals surface area (Å²) >= 11 is 0. The van der Waals surface area contributed by atoms with Crippen molar-refractivity contribution in [1.29, 1.82) is 0 Å². The molecule has 6 heteroatoms. The Hall–Kier alpha value is -2.21. The number of hydrogen-bond donors (Lipinski definition) is 1. The van der Waals surface area contributed by atoms with Crippen LogP contribution in [0.4, 0.5) is 17.5 Å². The Kier molecular flexibility index (Phi) is 4.90. The molecule has 0 aliphatic carbocycles. The number of aryl methyl sites for hydroxylation is 2. The molecule has 1 aromatic heterocycles. The number of morpholine rings is 1. The van der Waals surface area contributed by atoms with Gasteiger partial charge in [0.25, 0.3) is 0 Å². The number of rotatable bonds is 3. The summed E-state index contributed by atoms with van der Waals surface area (Å²) in [7, 11) is 0. The highest BCUT2D eigenvalue weighted by Gasteiger charge is 2.24. The number of aromatic nitrogens is 3. The van der Waals surface area contributed by atoms with Crippen LogP contribution in [0, 0.1) is 13.8 Å². The van der Waals surface area contributed by atoms with Crippen LogP contribution in [-0.2, 0) is 10.2 Å². The van der Waals surface area contributed by atoms with Gasteiger partial charge in [-0.3, -0.25) is 0 Å². The Morgan fingerprint density at radius 3 is 2.24 bits per heavy atom. The highest BCUT2D eigenvalue weighted by Crippen LogP contribution is 2.29. The number of anilines is 3. The molecule has 6 nitrogen and oxygen atoms in total. The number of hydrogen-bond acceptors (Lipinski definition) is 6. The number of nitrogens with zero attached hydrogens (tertiary/aromatic N) is 4. The third kappa shape index (κ3) is 4.25. The van der Waals surface area contributed by atoms with Gasteiger partial charge >= 0.3 is 0 Å². The fourth-order valence-electron chi connectivity index (χ4n) is 2.99. The fourth-order valence-corrected chi connectivity index (χ4v) is 2.99. The fraction of sp³-hybridized carbons (Fsp3) is 0.526. The molecule has 2 heterocycles. The lowest BCUT2D eigenvalue weighted by atomic mass is 9.92. The van der Waals surface area contributed by atoms with Gasteiger partial charge in [0.05, 0.1) is 13.2 Å². The van der Waals surface area contributed by atoms with E-state index in [4.69, 9.17) is 9.72 Å². The van der Waals surface area contributed by atoms with E-state index < -0.39 is 0 Å². The number of ether oxygens (including phenoxy) is 1. The van der Waals surface area contributed by atoms with Crippen LogP contribution >= 0.6 is 0 Å². The van der Waals surface area contributed by atoms with Gasteiger partial charge in [-0.25, -0.2) is 0 Å². The van der Waals surface area contributed by atoms with Crippen molar-refractivity contribution in [2.75, 3.05) is 36.5 Å². The van der Waals surface area contributed by atoms with Crippen LogP contribution in [0.15, 0.2) is 18.2 Å². The molecular weight excluding hydrogens is 314 g/mol. The van der Waals surface area contributed by atoms with Crippen molar-refractivity contribution in [3.05, 3.63) is 35.0 Å². The van der Waals surface area contributed by atoms with E-state index in [1.165, 1.54) is 11.1 Å². The van der Waals surface area contributed by atoms with Gasteiger partial charge in [-0.2, -0.15) is 4.98 Å². The third-order valence-corrected chi connectivity index (χ3v) is 4.16. The smallest absolute Gasteiger partial charge is 0.247 e. The van der Waals surface area contributed by atoms with E-state index in [-0.39, 0.29) is 5.41 Å². The van der Waals surface area contributed by atoms with Crippen LogP contribution in [0.2, 0.25) is 0 Å². The topological polar surface area (TPSA) is 63.2 Å². The quantitative estimate of drug-likeness (QED) is 0.923. The highest BCUT2D eigenvalue weighted by molar-refractivity contribution is 5.62. The van der Waals surface area contributed by atoms with Gasteiger partial charge in [0.2, 0.25) is 5.95 Å². The molecular formula is C19H27N5O. The molecule has 0 radical (unpaired) electrons. The number of benzene rings is 1. The van der Waals surface area contributed by atoms with Crippen LogP contribution in [0.25, 0.3) is 0 Å². The first kappa shape index (κ1) is 17.6. The minimum Gasteiger partial charge on any atom is -0.378 e. The third-order valence-electron chi connectivity index (χ3n) is 4.16. The molecule has 2 aromatic rings. The second kappa shape index (κ2) is 6.96. The molecule has 1 N–H and O–H groups in total. The van der Waals surface area contributed by atoms with Crippen LogP contribution in [0.3, 0.4) is 0 Å². The van der Waals surface area contributed by atoms with Crippen LogP contribution in [0.5, 0.6) is 0 Å². The highest BCUT2D eigenvalue weighted by atomic mass is 16.5. The summed E-state index contributed by atoms with van der Waals surface area (Å²) < 4.78 is 5.42. The Bertz CT molecular complexity index is 728. The molecule has 134 valence electrons. The van der Waals surface area contributed by atoms with E-state index in [1.807, 2.05) is 0 Å². The van der Waals surface area contributed by atoms with Crippen molar-refractivity contribution < 1.29 is 4.74 Å². The lowest BCUT2D eigenvalue weighted by molar-refractivity contribution is 0.122. The molecule has 1 aliphatic heterocycles. The van der Waals surface area contributed by atoms with E-state index in [9.17, 15) is 0 Å². The summed E-state index contributed by atoms with van der Waals surface area (Å²) in [6, 6.07) is 6.40. The van der Waals surface area contributed by atoms with Gasteiger partial charge in [0.15, 0.2) is 5.82 Å². The molecule has 0 unspecified atom stereocenters. The minimum absolute atomic E-state index is 0.148. The number of nitrogens with one attached hydrogen (secondary N) is 1. The van der Waals surface area contributed by atoms with Crippen LogP contribution in [0.1, 0.15) is 37.6 Å². The van der Waals surface area contributed by atoms with Crippen LogP contribution in [-0.4, -0.2) is 41.5 Å². The molecule has 1 aromatic carbocycles. The van der Waals surface area contributed by atoms with Crippen molar-refractivity contribution >= 4 is 17.5 Å². The Morgan fingerprint density at radius 2 is 1.64 bits per heavy atom. The lowest BCUT2D eigenvalue weighted by Crippen LogP contribution is -2.38. The second-order valence-corrected chi connectivity index (χ2v) is 7.66. The van der Waals surface area contributed by atoms with E-state index >= 15 is 0 Å². The van der Waals surface area contributed by atoms with Crippen molar-refractivity contribution in [2.24, 2.45) is 0 Å².